The SMILES string of the molecule is O=C(O)c1ccc(N2CCN(Cc3ccccc3)CC2)nn1. The maximum atomic E-state index is 10.8. The highest BCUT2D eigenvalue weighted by atomic mass is 16.4. The number of aromatic nitrogens is 2. The molecule has 1 aliphatic rings. The first-order chi connectivity index (χ1) is 10.7. The van der Waals surface area contributed by atoms with E-state index in [2.05, 4.69) is 44.3 Å². The van der Waals surface area contributed by atoms with Crippen LogP contribution in [0.3, 0.4) is 0 Å². The van der Waals surface area contributed by atoms with Crippen molar-refractivity contribution in [3.63, 3.8) is 0 Å². The fraction of sp³-hybridized carbons (Fsp3) is 0.312. The summed E-state index contributed by atoms with van der Waals surface area (Å²) in [7, 11) is 0. The average Bonchev–Trinajstić information content (AvgIpc) is 2.57. The Kier molecular flexibility index (Phi) is 4.29. The van der Waals surface area contributed by atoms with E-state index >= 15 is 0 Å². The van der Waals surface area contributed by atoms with Gasteiger partial charge in [-0.05, 0) is 17.7 Å². The van der Waals surface area contributed by atoms with Crippen LogP contribution in [0.1, 0.15) is 16.1 Å². The van der Waals surface area contributed by atoms with Gasteiger partial charge >= 0.3 is 5.97 Å². The fourth-order valence-corrected chi connectivity index (χ4v) is 2.58. The van der Waals surface area contributed by atoms with Crippen LogP contribution >= 0.6 is 0 Å². The Balaban J connectivity index is 1.56. The highest BCUT2D eigenvalue weighted by Gasteiger charge is 2.18. The minimum atomic E-state index is -1.05. The summed E-state index contributed by atoms with van der Waals surface area (Å²) in [5.74, 6) is -0.309. The number of nitrogens with zero attached hydrogens (tertiary/aromatic N) is 4. The zero-order chi connectivity index (χ0) is 15.4. The third-order valence-electron chi connectivity index (χ3n) is 3.81. The summed E-state index contributed by atoms with van der Waals surface area (Å²) in [6, 6.07) is 13.7. The van der Waals surface area contributed by atoms with Crippen molar-refractivity contribution in [2.45, 2.75) is 6.54 Å². The molecule has 1 fully saturated rings. The second-order valence-electron chi connectivity index (χ2n) is 5.33. The van der Waals surface area contributed by atoms with Crippen molar-refractivity contribution in [3.8, 4) is 0 Å². The number of carboxylic acids is 1. The zero-order valence-corrected chi connectivity index (χ0v) is 12.2. The molecule has 1 aromatic carbocycles. The molecule has 0 unspecified atom stereocenters. The molecule has 114 valence electrons. The summed E-state index contributed by atoms with van der Waals surface area (Å²) in [4.78, 5) is 15.3. The maximum Gasteiger partial charge on any atom is 0.356 e. The molecule has 1 aliphatic heterocycles. The van der Waals surface area contributed by atoms with Crippen LogP contribution in [0.4, 0.5) is 5.82 Å². The third-order valence-corrected chi connectivity index (χ3v) is 3.81. The number of carbonyl (C=O) groups is 1. The van der Waals surface area contributed by atoms with Crippen molar-refractivity contribution < 1.29 is 9.90 Å². The van der Waals surface area contributed by atoms with Gasteiger partial charge in [-0.1, -0.05) is 30.3 Å². The van der Waals surface area contributed by atoms with E-state index in [1.165, 1.54) is 11.6 Å². The van der Waals surface area contributed by atoms with Gasteiger partial charge in [0.25, 0.3) is 0 Å². The molecular formula is C16H18N4O2. The maximum absolute atomic E-state index is 10.8. The normalized spacial score (nSPS) is 15.7. The molecule has 0 amide bonds. The molecule has 0 saturated carbocycles. The minimum Gasteiger partial charge on any atom is -0.476 e. The van der Waals surface area contributed by atoms with Gasteiger partial charge in [-0.3, -0.25) is 4.90 Å². The Morgan fingerprint density at radius 3 is 2.32 bits per heavy atom. The lowest BCUT2D eigenvalue weighted by Gasteiger charge is -2.35. The number of rotatable bonds is 4. The van der Waals surface area contributed by atoms with Gasteiger partial charge in [0.05, 0.1) is 0 Å². The van der Waals surface area contributed by atoms with Gasteiger partial charge in [0.1, 0.15) is 0 Å². The lowest BCUT2D eigenvalue weighted by Crippen LogP contribution is -2.46. The number of carboxylic acid groups (broad SMARTS) is 1. The Labute approximate surface area is 129 Å². The molecule has 3 rings (SSSR count). The predicted molar refractivity (Wildman–Crippen MR) is 82.9 cm³/mol. The topological polar surface area (TPSA) is 69.6 Å². The van der Waals surface area contributed by atoms with E-state index < -0.39 is 5.97 Å². The molecule has 0 spiro atoms. The molecule has 1 saturated heterocycles. The van der Waals surface area contributed by atoms with Crippen LogP contribution in [-0.2, 0) is 6.54 Å². The average molecular weight is 298 g/mol. The molecule has 2 aromatic rings. The van der Waals surface area contributed by atoms with Crippen molar-refractivity contribution in [1.82, 2.24) is 15.1 Å². The van der Waals surface area contributed by atoms with E-state index in [1.54, 1.807) is 6.07 Å². The molecule has 0 radical (unpaired) electrons. The largest absolute Gasteiger partial charge is 0.476 e. The predicted octanol–water partition coefficient (Wildman–Crippen LogP) is 1.50. The first kappa shape index (κ1) is 14.5. The van der Waals surface area contributed by atoms with E-state index in [1.807, 2.05) is 6.07 Å². The second kappa shape index (κ2) is 6.53. The van der Waals surface area contributed by atoms with Crippen LogP contribution in [0, 0.1) is 0 Å². The summed E-state index contributed by atoms with van der Waals surface area (Å²) in [5.41, 5.74) is 1.30. The summed E-state index contributed by atoms with van der Waals surface area (Å²) < 4.78 is 0. The smallest absolute Gasteiger partial charge is 0.356 e. The van der Waals surface area contributed by atoms with Gasteiger partial charge in [-0.2, -0.15) is 0 Å². The molecule has 1 aromatic heterocycles. The summed E-state index contributed by atoms with van der Waals surface area (Å²) in [6.45, 7) is 4.61. The first-order valence-electron chi connectivity index (χ1n) is 7.30. The third kappa shape index (κ3) is 3.40. The minimum absolute atomic E-state index is 0.0218. The van der Waals surface area contributed by atoms with Gasteiger partial charge in [-0.25, -0.2) is 4.79 Å². The number of benzene rings is 1. The second-order valence-corrected chi connectivity index (χ2v) is 5.33. The quantitative estimate of drug-likeness (QED) is 0.922. The van der Waals surface area contributed by atoms with E-state index in [9.17, 15) is 4.79 Å². The van der Waals surface area contributed by atoms with E-state index in [4.69, 9.17) is 5.11 Å². The van der Waals surface area contributed by atoms with Gasteiger partial charge < -0.3 is 10.0 Å². The number of piperazine rings is 1. The molecule has 6 heteroatoms. The van der Waals surface area contributed by atoms with Crippen molar-refractivity contribution in [3.05, 3.63) is 53.7 Å². The molecule has 0 aliphatic carbocycles. The Hall–Kier alpha value is -2.47. The number of aromatic carboxylic acids is 1. The van der Waals surface area contributed by atoms with Gasteiger partial charge in [0.2, 0.25) is 0 Å². The number of anilines is 1. The fourth-order valence-electron chi connectivity index (χ4n) is 2.58. The summed E-state index contributed by atoms with van der Waals surface area (Å²) in [5, 5.41) is 16.6. The van der Waals surface area contributed by atoms with Crippen molar-refractivity contribution >= 4 is 11.8 Å². The van der Waals surface area contributed by atoms with Gasteiger partial charge in [-0.15, -0.1) is 10.2 Å². The van der Waals surface area contributed by atoms with Crippen LogP contribution in [-0.4, -0.2) is 52.4 Å². The highest BCUT2D eigenvalue weighted by molar-refractivity contribution is 5.85. The molecule has 0 bridgehead atoms. The van der Waals surface area contributed by atoms with Crippen LogP contribution < -0.4 is 4.90 Å². The number of hydrogen-bond donors (Lipinski definition) is 1. The molecular weight excluding hydrogens is 280 g/mol. The molecule has 1 N–H and O–H groups in total. The van der Waals surface area contributed by atoms with Crippen molar-refractivity contribution in [1.29, 1.82) is 0 Å². The van der Waals surface area contributed by atoms with Crippen molar-refractivity contribution in [2.75, 3.05) is 31.1 Å². The summed E-state index contributed by atoms with van der Waals surface area (Å²) >= 11 is 0. The Morgan fingerprint density at radius 1 is 1.00 bits per heavy atom. The summed E-state index contributed by atoms with van der Waals surface area (Å²) in [6.07, 6.45) is 0. The van der Waals surface area contributed by atoms with Crippen LogP contribution in [0.2, 0.25) is 0 Å². The van der Waals surface area contributed by atoms with Gasteiger partial charge in [0.15, 0.2) is 11.5 Å². The van der Waals surface area contributed by atoms with E-state index in [-0.39, 0.29) is 5.69 Å². The van der Waals surface area contributed by atoms with E-state index in [0.717, 1.165) is 38.5 Å². The standard InChI is InChI=1S/C16H18N4O2/c21-16(22)14-6-7-15(18-17-14)20-10-8-19(9-11-20)12-13-4-2-1-3-5-13/h1-7H,8-12H2,(H,21,22). The van der Waals surface area contributed by atoms with E-state index in [0.29, 0.717) is 0 Å². The molecule has 0 atom stereocenters. The molecule has 2 heterocycles. The molecule has 6 nitrogen and oxygen atoms in total. The monoisotopic (exact) mass is 298 g/mol. The lowest BCUT2D eigenvalue weighted by atomic mass is 10.2. The molecule has 22 heavy (non-hydrogen) atoms. The number of hydrogen-bond acceptors (Lipinski definition) is 5. The first-order valence-corrected chi connectivity index (χ1v) is 7.30. The van der Waals surface area contributed by atoms with Crippen LogP contribution in [0.5, 0.6) is 0 Å². The van der Waals surface area contributed by atoms with Crippen LogP contribution in [0.25, 0.3) is 0 Å². The Bertz CT molecular complexity index is 622. The Morgan fingerprint density at radius 2 is 1.73 bits per heavy atom. The highest BCUT2D eigenvalue weighted by Crippen LogP contribution is 2.14. The van der Waals surface area contributed by atoms with Gasteiger partial charge in [0, 0.05) is 32.7 Å². The van der Waals surface area contributed by atoms with Crippen LogP contribution in [0.15, 0.2) is 42.5 Å². The van der Waals surface area contributed by atoms with Crippen molar-refractivity contribution in [2.24, 2.45) is 0 Å². The lowest BCUT2D eigenvalue weighted by molar-refractivity contribution is 0.0689. The zero-order valence-electron chi connectivity index (χ0n) is 12.2.